The van der Waals surface area contributed by atoms with Gasteiger partial charge in [0.1, 0.15) is 12.5 Å². The van der Waals surface area contributed by atoms with Crippen molar-refractivity contribution >= 4 is 12.8 Å². The number of esters is 1. The summed E-state index contributed by atoms with van der Waals surface area (Å²) in [5.74, 6) is 0.419. The Morgan fingerprint density at radius 1 is 1.21 bits per heavy atom. The fraction of sp³-hybridized carbons (Fsp3) is 0.429. The number of carbonyl (C=O) groups excluding carboxylic acids is 2. The number of halogens is 1. The molecule has 19 heavy (non-hydrogen) atoms. The molecule has 0 aromatic heterocycles. The minimum Gasteiger partial charge on any atom is -0.497 e. The van der Waals surface area contributed by atoms with Crippen LogP contribution in [0.25, 0.3) is 0 Å². The second kappa shape index (κ2) is 12.5. The van der Waals surface area contributed by atoms with Gasteiger partial charge in [-0.1, -0.05) is 19.1 Å². The molecule has 1 rings (SSSR count). The van der Waals surface area contributed by atoms with E-state index in [-0.39, 0.29) is 11.9 Å². The van der Waals surface area contributed by atoms with E-state index in [1.54, 1.807) is 7.11 Å². The summed E-state index contributed by atoms with van der Waals surface area (Å²) in [6, 6.07) is 7.48. The third-order valence-corrected chi connectivity index (χ3v) is 2.41. The highest BCUT2D eigenvalue weighted by molar-refractivity contribution is 5.77. The maximum Gasteiger partial charge on any atom is 0.313 e. The van der Waals surface area contributed by atoms with E-state index in [2.05, 4.69) is 0 Å². The van der Waals surface area contributed by atoms with Crippen molar-refractivity contribution in [2.75, 3.05) is 21.4 Å². The fourth-order valence-corrected chi connectivity index (χ4v) is 1.52. The van der Waals surface area contributed by atoms with E-state index < -0.39 is 0 Å². The lowest BCUT2D eigenvalue weighted by Gasteiger charge is -2.12. The Labute approximate surface area is 113 Å². The van der Waals surface area contributed by atoms with Crippen LogP contribution < -0.4 is 4.74 Å². The number of carbonyl (C=O) groups is 2. The van der Waals surface area contributed by atoms with E-state index in [4.69, 9.17) is 14.3 Å². The predicted octanol–water partition coefficient (Wildman–Crippen LogP) is 2.76. The third kappa shape index (κ3) is 6.55. The van der Waals surface area contributed by atoms with Gasteiger partial charge >= 0.3 is 5.97 Å². The van der Waals surface area contributed by atoms with Crippen LogP contribution in [0.5, 0.6) is 5.75 Å². The zero-order chi connectivity index (χ0) is 15.3. The minimum atomic E-state index is -0.192. The fourth-order valence-electron chi connectivity index (χ4n) is 1.52. The van der Waals surface area contributed by atoms with Crippen molar-refractivity contribution in [1.29, 1.82) is 0 Å². The Morgan fingerprint density at radius 3 is 2.00 bits per heavy atom. The van der Waals surface area contributed by atoms with Crippen LogP contribution in [0.3, 0.4) is 0 Å². The summed E-state index contributed by atoms with van der Waals surface area (Å²) in [5.41, 5.74) is 0.963. The molecule has 1 aromatic rings. The number of methoxy groups -OCH3 is 2. The Bertz CT molecular complexity index is 338. The Hall–Kier alpha value is -1.91. The first-order valence-corrected chi connectivity index (χ1v) is 5.61. The number of benzene rings is 1. The number of rotatable bonds is 4. The molecule has 0 bridgehead atoms. The summed E-state index contributed by atoms with van der Waals surface area (Å²) >= 11 is 0. The highest BCUT2D eigenvalue weighted by Crippen LogP contribution is 2.23. The number of hydrogen-bond acceptors (Lipinski definition) is 4. The first-order valence-electron chi connectivity index (χ1n) is 5.61. The molecule has 0 aliphatic carbocycles. The van der Waals surface area contributed by atoms with Gasteiger partial charge < -0.3 is 14.3 Å². The largest absolute Gasteiger partial charge is 0.497 e. The van der Waals surface area contributed by atoms with Crippen molar-refractivity contribution in [3.05, 3.63) is 29.8 Å². The quantitative estimate of drug-likeness (QED) is 0.791. The van der Waals surface area contributed by atoms with Crippen molar-refractivity contribution in [1.82, 2.24) is 0 Å². The molecule has 1 aromatic carbocycles. The molecule has 0 N–H and O–H groups in total. The van der Waals surface area contributed by atoms with E-state index in [0.717, 1.165) is 17.7 Å². The highest BCUT2D eigenvalue weighted by atomic mass is 19.1. The van der Waals surface area contributed by atoms with Crippen LogP contribution in [-0.2, 0) is 14.3 Å². The molecule has 0 radical (unpaired) electrons. The van der Waals surface area contributed by atoms with E-state index in [9.17, 15) is 9.18 Å². The van der Waals surface area contributed by atoms with Crippen LogP contribution in [0.2, 0.25) is 0 Å². The van der Waals surface area contributed by atoms with Gasteiger partial charge in [0.15, 0.2) is 0 Å². The lowest BCUT2D eigenvalue weighted by Crippen LogP contribution is -2.13. The maximum absolute atomic E-state index is 11.4. The van der Waals surface area contributed by atoms with E-state index in [1.807, 2.05) is 38.0 Å². The lowest BCUT2D eigenvalue weighted by molar-refractivity contribution is -0.142. The van der Waals surface area contributed by atoms with Crippen LogP contribution in [0.1, 0.15) is 24.8 Å². The highest BCUT2D eigenvalue weighted by Gasteiger charge is 2.18. The van der Waals surface area contributed by atoms with Crippen molar-refractivity contribution in [2.24, 2.45) is 0 Å². The molecule has 0 spiro atoms. The third-order valence-electron chi connectivity index (χ3n) is 2.41. The smallest absolute Gasteiger partial charge is 0.313 e. The average Bonchev–Trinajstić information content (AvgIpc) is 2.52. The van der Waals surface area contributed by atoms with Crippen molar-refractivity contribution in [3.63, 3.8) is 0 Å². The van der Waals surface area contributed by atoms with Gasteiger partial charge in [-0.3, -0.25) is 9.18 Å². The first-order chi connectivity index (χ1) is 9.22. The van der Waals surface area contributed by atoms with Gasteiger partial charge in [-0.05, 0) is 24.1 Å². The molecule has 1 unspecified atom stereocenters. The molecular weight excluding hydrogens is 251 g/mol. The number of alkyl halides is 1. The molecule has 0 amide bonds. The lowest BCUT2D eigenvalue weighted by atomic mass is 9.97. The monoisotopic (exact) mass is 272 g/mol. The molecule has 5 heteroatoms. The van der Waals surface area contributed by atoms with Gasteiger partial charge in [-0.2, -0.15) is 0 Å². The van der Waals surface area contributed by atoms with Crippen molar-refractivity contribution < 1.29 is 23.5 Å². The van der Waals surface area contributed by atoms with Gasteiger partial charge in [-0.25, -0.2) is 0 Å². The summed E-state index contributed by atoms with van der Waals surface area (Å²) in [6.07, 6.45) is 0.735. The normalized spacial score (nSPS) is 9.95. The number of hydrogen-bond donors (Lipinski definition) is 0. The summed E-state index contributed by atoms with van der Waals surface area (Å²) < 4.78 is 19.3. The van der Waals surface area contributed by atoms with Gasteiger partial charge in [0.25, 0.3) is 0 Å². The Balaban J connectivity index is 0. The van der Waals surface area contributed by atoms with Crippen molar-refractivity contribution in [3.8, 4) is 5.75 Å². The van der Waals surface area contributed by atoms with Crippen molar-refractivity contribution in [2.45, 2.75) is 19.3 Å². The van der Waals surface area contributed by atoms with Gasteiger partial charge in [0.2, 0.25) is 0 Å². The maximum atomic E-state index is 11.4. The molecule has 0 aliphatic heterocycles. The molecule has 1 atom stereocenters. The van der Waals surface area contributed by atoms with E-state index in [0.29, 0.717) is 7.18 Å². The van der Waals surface area contributed by atoms with E-state index in [1.165, 1.54) is 7.11 Å². The van der Waals surface area contributed by atoms with Gasteiger partial charge in [0, 0.05) is 0 Å². The zero-order valence-electron chi connectivity index (χ0n) is 11.8. The average molecular weight is 272 g/mol. The minimum absolute atomic E-state index is 0.180. The summed E-state index contributed by atoms with van der Waals surface area (Å²) in [5, 5.41) is 0. The Morgan fingerprint density at radius 2 is 1.68 bits per heavy atom. The molecule has 0 saturated carbocycles. The molecule has 0 fully saturated rings. The predicted molar refractivity (Wildman–Crippen MR) is 72.2 cm³/mol. The molecule has 0 aliphatic rings. The molecular formula is C14H21FO4. The van der Waals surface area contributed by atoms with Crippen LogP contribution in [0.15, 0.2) is 24.3 Å². The van der Waals surface area contributed by atoms with Gasteiger partial charge in [-0.15, -0.1) is 0 Å². The number of ether oxygens (including phenoxy) is 2. The SMILES string of the molecule is C=O.CCC(C(=O)OC)c1ccc(OC)cc1.CF. The molecule has 0 heterocycles. The van der Waals surface area contributed by atoms with E-state index >= 15 is 0 Å². The van der Waals surface area contributed by atoms with Crippen LogP contribution in [0, 0.1) is 0 Å². The molecule has 0 saturated heterocycles. The first kappa shape index (κ1) is 19.4. The zero-order valence-corrected chi connectivity index (χ0v) is 11.8. The van der Waals surface area contributed by atoms with Crippen LogP contribution in [-0.4, -0.2) is 34.2 Å². The summed E-state index contributed by atoms with van der Waals surface area (Å²) in [4.78, 5) is 19.4. The standard InChI is InChI=1S/C12H16O3.CH3F.CH2O/c1-4-11(12(13)15-3)9-5-7-10(14-2)8-6-9;2*1-2/h5-8,11H,4H2,1-3H3;1H3;1H2. The molecule has 108 valence electrons. The summed E-state index contributed by atoms with van der Waals surface area (Å²) in [7, 11) is 3.53. The van der Waals surface area contributed by atoms with Gasteiger partial charge in [0.05, 0.1) is 27.3 Å². The summed E-state index contributed by atoms with van der Waals surface area (Å²) in [6.45, 7) is 3.96. The van der Waals surface area contributed by atoms with Crippen LogP contribution >= 0.6 is 0 Å². The van der Waals surface area contributed by atoms with Crippen LogP contribution in [0.4, 0.5) is 4.39 Å². The molecule has 4 nitrogen and oxygen atoms in total. The topological polar surface area (TPSA) is 52.6 Å². The second-order valence-corrected chi connectivity index (χ2v) is 3.26. The second-order valence-electron chi connectivity index (χ2n) is 3.26. The Kier molecular flexibility index (Phi) is 12.8.